The Balaban J connectivity index is 1.47. The molecule has 2 aliphatic rings. The quantitative estimate of drug-likeness (QED) is 0.569. The first-order valence-electron chi connectivity index (χ1n) is 11.6. The van der Waals surface area contributed by atoms with Gasteiger partial charge in [-0.2, -0.15) is 0 Å². The van der Waals surface area contributed by atoms with Gasteiger partial charge in [-0.3, -0.25) is 19.7 Å². The Morgan fingerprint density at radius 1 is 1.07 bits per heavy atom. The van der Waals surface area contributed by atoms with Crippen molar-refractivity contribution in [1.82, 2.24) is 25.0 Å². The molecule has 0 aliphatic carbocycles. The first-order valence-corrected chi connectivity index (χ1v) is 11.6. The number of carbonyl (C=O) groups is 1. The molecule has 2 aliphatic heterocycles. The summed E-state index contributed by atoms with van der Waals surface area (Å²) in [6.07, 6.45) is 9.51. The van der Waals surface area contributed by atoms with Crippen LogP contribution >= 0.6 is 0 Å². The summed E-state index contributed by atoms with van der Waals surface area (Å²) in [6.45, 7) is 11.9. The largest absolute Gasteiger partial charge is 0.357 e. The molecule has 30 heavy (non-hydrogen) atoms. The van der Waals surface area contributed by atoms with Crippen LogP contribution in [0.1, 0.15) is 43.7 Å². The number of guanidine groups is 1. The number of piperazine rings is 1. The highest BCUT2D eigenvalue weighted by molar-refractivity contribution is 5.80. The average molecular weight is 415 g/mol. The number of nitrogens with zero attached hydrogens (tertiary/aromatic N) is 5. The highest BCUT2D eigenvalue weighted by atomic mass is 16.2. The summed E-state index contributed by atoms with van der Waals surface area (Å²) in [4.78, 5) is 28.4. The van der Waals surface area contributed by atoms with Crippen LogP contribution in [-0.2, 0) is 11.2 Å². The van der Waals surface area contributed by atoms with E-state index in [1.165, 1.54) is 24.0 Å². The van der Waals surface area contributed by atoms with Crippen molar-refractivity contribution in [1.29, 1.82) is 0 Å². The predicted octanol–water partition coefficient (Wildman–Crippen LogP) is 1.92. The van der Waals surface area contributed by atoms with E-state index in [9.17, 15) is 4.79 Å². The van der Waals surface area contributed by atoms with Crippen molar-refractivity contribution < 1.29 is 4.79 Å². The summed E-state index contributed by atoms with van der Waals surface area (Å²) in [5.74, 6) is 1.29. The van der Waals surface area contributed by atoms with Crippen LogP contribution < -0.4 is 5.32 Å². The lowest BCUT2D eigenvalue weighted by molar-refractivity contribution is -0.132. The van der Waals surface area contributed by atoms with E-state index in [0.717, 1.165) is 77.6 Å². The zero-order valence-electron chi connectivity index (χ0n) is 18.8. The number of carbonyl (C=O) groups excluding carboxylic acids is 1. The summed E-state index contributed by atoms with van der Waals surface area (Å²) in [7, 11) is 0. The van der Waals surface area contributed by atoms with Gasteiger partial charge in [-0.25, -0.2) is 0 Å². The van der Waals surface area contributed by atoms with Gasteiger partial charge in [0.05, 0.1) is 6.54 Å². The highest BCUT2D eigenvalue weighted by Gasteiger charge is 2.23. The lowest BCUT2D eigenvalue weighted by atomic mass is 10.1. The Morgan fingerprint density at radius 3 is 2.47 bits per heavy atom. The number of hydrogen-bond donors (Lipinski definition) is 1. The van der Waals surface area contributed by atoms with Crippen molar-refractivity contribution in [3.05, 3.63) is 29.6 Å². The van der Waals surface area contributed by atoms with Gasteiger partial charge in [-0.1, -0.05) is 12.8 Å². The molecule has 2 fully saturated rings. The summed E-state index contributed by atoms with van der Waals surface area (Å²) in [5, 5.41) is 3.44. The van der Waals surface area contributed by atoms with Crippen LogP contribution in [0.25, 0.3) is 0 Å². The second-order valence-electron chi connectivity index (χ2n) is 8.35. The van der Waals surface area contributed by atoms with Crippen LogP contribution in [0.3, 0.4) is 0 Å². The van der Waals surface area contributed by atoms with Crippen LogP contribution in [0.4, 0.5) is 0 Å². The molecule has 0 bridgehead atoms. The maximum absolute atomic E-state index is 12.7. The molecule has 0 radical (unpaired) electrons. The van der Waals surface area contributed by atoms with E-state index < -0.39 is 0 Å². The number of aromatic nitrogens is 1. The minimum atomic E-state index is 0.304. The molecule has 1 N–H and O–H groups in total. The molecule has 1 aromatic heterocycles. The number of nitrogens with one attached hydrogen (secondary N) is 1. The van der Waals surface area contributed by atoms with E-state index in [1.807, 2.05) is 12.4 Å². The van der Waals surface area contributed by atoms with Crippen molar-refractivity contribution >= 4 is 11.9 Å². The van der Waals surface area contributed by atoms with Crippen LogP contribution in [0.15, 0.2) is 23.5 Å². The molecule has 0 aromatic carbocycles. The third-order valence-electron chi connectivity index (χ3n) is 6.10. The molecular formula is C23H38N6O. The molecule has 0 spiro atoms. The van der Waals surface area contributed by atoms with Gasteiger partial charge in [0.2, 0.25) is 5.91 Å². The number of aryl methyl sites for hydroxylation is 1. The average Bonchev–Trinajstić information content (AvgIpc) is 3.05. The second kappa shape index (κ2) is 11.9. The predicted molar refractivity (Wildman–Crippen MR) is 122 cm³/mol. The maximum Gasteiger partial charge on any atom is 0.236 e. The fourth-order valence-electron chi connectivity index (χ4n) is 4.22. The Bertz CT molecular complexity index is 691. The van der Waals surface area contributed by atoms with Gasteiger partial charge in [-0.15, -0.1) is 0 Å². The topological polar surface area (TPSA) is 64.1 Å². The first-order chi connectivity index (χ1) is 14.7. The third kappa shape index (κ3) is 6.69. The molecule has 7 nitrogen and oxygen atoms in total. The van der Waals surface area contributed by atoms with Gasteiger partial charge in [0.1, 0.15) is 0 Å². The van der Waals surface area contributed by atoms with Gasteiger partial charge >= 0.3 is 0 Å². The fraction of sp³-hybridized carbons (Fsp3) is 0.696. The smallest absolute Gasteiger partial charge is 0.236 e. The Hall–Kier alpha value is -2.15. The van der Waals surface area contributed by atoms with E-state index in [0.29, 0.717) is 12.5 Å². The van der Waals surface area contributed by atoms with Crippen molar-refractivity contribution in [2.24, 2.45) is 4.99 Å². The fourth-order valence-corrected chi connectivity index (χ4v) is 4.22. The SMILES string of the molecule is CCNC(=NCCc1ccncc1C)N1CCN(CC(=O)N2CCCCCC2)CC1. The van der Waals surface area contributed by atoms with Crippen molar-refractivity contribution in [3.63, 3.8) is 0 Å². The van der Waals surface area contributed by atoms with E-state index in [2.05, 4.69) is 44.9 Å². The Morgan fingerprint density at radius 2 is 1.80 bits per heavy atom. The standard InChI is InChI=1S/C23H38N6O/c1-3-25-23(26-11-9-21-8-10-24-18-20(21)2)29-16-14-27(15-17-29)19-22(30)28-12-6-4-5-7-13-28/h8,10,18H,3-7,9,11-17,19H2,1-2H3,(H,25,26). The molecule has 2 saturated heterocycles. The molecule has 0 unspecified atom stereocenters. The third-order valence-corrected chi connectivity index (χ3v) is 6.10. The van der Waals surface area contributed by atoms with Crippen LogP contribution in [-0.4, -0.2) is 90.5 Å². The molecule has 3 rings (SSSR count). The van der Waals surface area contributed by atoms with E-state index >= 15 is 0 Å². The number of likely N-dealkylation sites (tertiary alicyclic amines) is 1. The summed E-state index contributed by atoms with van der Waals surface area (Å²) in [5.41, 5.74) is 2.53. The summed E-state index contributed by atoms with van der Waals surface area (Å²) >= 11 is 0. The second-order valence-corrected chi connectivity index (χ2v) is 8.35. The van der Waals surface area contributed by atoms with Crippen molar-refractivity contribution in [3.8, 4) is 0 Å². The number of pyridine rings is 1. The molecule has 3 heterocycles. The minimum Gasteiger partial charge on any atom is -0.357 e. The van der Waals surface area contributed by atoms with E-state index in [4.69, 9.17) is 4.99 Å². The van der Waals surface area contributed by atoms with Crippen LogP contribution in [0.5, 0.6) is 0 Å². The highest BCUT2D eigenvalue weighted by Crippen LogP contribution is 2.11. The van der Waals surface area contributed by atoms with Gasteiger partial charge in [0.25, 0.3) is 0 Å². The molecular weight excluding hydrogens is 376 g/mol. The first kappa shape index (κ1) is 22.5. The number of amides is 1. The zero-order chi connectivity index (χ0) is 21.2. The molecule has 166 valence electrons. The van der Waals surface area contributed by atoms with Crippen LogP contribution in [0.2, 0.25) is 0 Å². The van der Waals surface area contributed by atoms with E-state index in [-0.39, 0.29) is 0 Å². The van der Waals surface area contributed by atoms with Gasteiger partial charge in [0.15, 0.2) is 5.96 Å². The molecule has 1 aromatic rings. The molecule has 0 saturated carbocycles. The summed E-state index contributed by atoms with van der Waals surface area (Å²) in [6, 6.07) is 2.08. The normalized spacial score (nSPS) is 18.9. The van der Waals surface area contributed by atoms with Gasteiger partial charge in [0, 0.05) is 64.8 Å². The minimum absolute atomic E-state index is 0.304. The van der Waals surface area contributed by atoms with Crippen molar-refractivity contribution in [2.75, 3.05) is 58.9 Å². The Labute approximate surface area is 181 Å². The van der Waals surface area contributed by atoms with Crippen molar-refractivity contribution in [2.45, 2.75) is 46.0 Å². The summed E-state index contributed by atoms with van der Waals surface area (Å²) < 4.78 is 0. The van der Waals surface area contributed by atoms with Gasteiger partial charge in [-0.05, 0) is 50.3 Å². The van der Waals surface area contributed by atoms with E-state index in [1.54, 1.807) is 0 Å². The zero-order valence-corrected chi connectivity index (χ0v) is 18.8. The number of rotatable bonds is 6. The lowest BCUT2D eigenvalue weighted by Gasteiger charge is -2.37. The Kier molecular flexibility index (Phi) is 8.93. The molecule has 1 amide bonds. The molecule has 0 atom stereocenters. The number of aliphatic imine (C=N–C) groups is 1. The van der Waals surface area contributed by atoms with Gasteiger partial charge < -0.3 is 15.1 Å². The lowest BCUT2D eigenvalue weighted by Crippen LogP contribution is -2.54. The maximum atomic E-state index is 12.7. The monoisotopic (exact) mass is 414 g/mol. The molecule has 7 heteroatoms. The van der Waals surface area contributed by atoms with Crippen LogP contribution in [0, 0.1) is 6.92 Å². The number of hydrogen-bond acceptors (Lipinski definition) is 4.